The maximum Gasteiger partial charge on any atom is 0.326 e. The maximum absolute atomic E-state index is 14.3. The number of hydrogen-bond acceptors (Lipinski definition) is 13. The van der Waals surface area contributed by atoms with Crippen molar-refractivity contribution in [2.75, 3.05) is 49.2 Å². The van der Waals surface area contributed by atoms with Crippen LogP contribution in [0.3, 0.4) is 0 Å². The lowest BCUT2D eigenvalue weighted by Gasteiger charge is -2.31. The quantitative estimate of drug-likeness (QED) is 0.105. The molecule has 1 atom stereocenters. The molecule has 4 N–H and O–H groups in total. The number of hydrogen-bond donors (Lipinski definition) is 4. The van der Waals surface area contributed by atoms with E-state index >= 15 is 0 Å². The van der Waals surface area contributed by atoms with Crippen molar-refractivity contribution in [1.29, 1.82) is 0 Å². The van der Waals surface area contributed by atoms with E-state index in [1.165, 1.54) is 13.2 Å². The molecule has 2 aliphatic rings. The zero-order valence-electron chi connectivity index (χ0n) is 30.7. The van der Waals surface area contributed by atoms with E-state index in [9.17, 15) is 41.4 Å². The van der Waals surface area contributed by atoms with Crippen LogP contribution in [-0.2, 0) is 53.1 Å². The molecule has 0 saturated carbocycles. The Bertz CT molecular complexity index is 2100. The minimum Gasteiger partial charge on any atom is -0.778 e. The van der Waals surface area contributed by atoms with Gasteiger partial charge in [-0.3, -0.25) is 33.9 Å². The molecule has 5 rings (SSSR count). The first-order valence-corrected chi connectivity index (χ1v) is 23.8. The SMILES string of the molecule is CC(C)N1C(=O)c2ccccc2NS1(=O)=O.COC(=O)CSc1cc(N=c2sc(=O)n3n2CCCC3)c(F)cc1Cl.C[S+](C)C.O=C(O)CNCP(=O)([O-])O. The largest absolute Gasteiger partial charge is 0.778 e. The molecule has 1 unspecified atom stereocenters. The van der Waals surface area contributed by atoms with E-state index in [4.69, 9.17) is 21.6 Å². The number of para-hydroxylation sites is 1. The molecule has 306 valence electrons. The molecule has 0 radical (unpaired) electrons. The second-order valence-corrected chi connectivity index (χ2v) is 19.9. The van der Waals surface area contributed by atoms with Crippen LogP contribution in [0.25, 0.3) is 0 Å². The summed E-state index contributed by atoms with van der Waals surface area (Å²) in [7, 11) is -6.16. The molecule has 0 spiro atoms. The van der Waals surface area contributed by atoms with E-state index < -0.39 is 60.3 Å². The summed E-state index contributed by atoms with van der Waals surface area (Å²) >= 11 is 8.17. The Morgan fingerprint density at radius 3 is 2.35 bits per heavy atom. The van der Waals surface area contributed by atoms with E-state index in [1.54, 1.807) is 47.5 Å². The predicted molar refractivity (Wildman–Crippen MR) is 211 cm³/mol. The number of anilines is 1. The van der Waals surface area contributed by atoms with E-state index in [2.05, 4.69) is 33.2 Å². The molecular weight excluding hydrogens is 846 g/mol. The van der Waals surface area contributed by atoms with Gasteiger partial charge in [0, 0.05) is 24.0 Å². The number of benzene rings is 2. The third-order valence-electron chi connectivity index (χ3n) is 6.59. The third-order valence-corrected chi connectivity index (χ3v) is 11.1. The summed E-state index contributed by atoms with van der Waals surface area (Å²) in [6.45, 7) is 4.16. The average molecular weight is 889 g/mol. The number of aliphatic carboxylic acids is 1. The molecule has 3 aromatic rings. The van der Waals surface area contributed by atoms with Gasteiger partial charge in [-0.15, -0.1) is 11.8 Å². The number of rotatable bonds is 9. The summed E-state index contributed by atoms with van der Waals surface area (Å²) in [5.41, 5.74) is 0.801. The van der Waals surface area contributed by atoms with Gasteiger partial charge in [0.05, 0.1) is 60.7 Å². The molecular formula is C31H43ClFN6O11PS4. The molecule has 3 heterocycles. The van der Waals surface area contributed by atoms with Crippen LogP contribution in [0.15, 0.2) is 51.1 Å². The van der Waals surface area contributed by atoms with Crippen molar-refractivity contribution >= 4 is 92.6 Å². The minimum absolute atomic E-state index is 0.0605. The monoisotopic (exact) mass is 888 g/mol. The smallest absolute Gasteiger partial charge is 0.326 e. The highest BCUT2D eigenvalue weighted by Gasteiger charge is 2.36. The van der Waals surface area contributed by atoms with E-state index in [0.29, 0.717) is 44.9 Å². The fraction of sp³-hybridized carbons (Fsp3) is 0.452. The van der Waals surface area contributed by atoms with Crippen LogP contribution >= 0.6 is 42.3 Å². The lowest BCUT2D eigenvalue weighted by atomic mass is 10.1. The van der Waals surface area contributed by atoms with Crippen LogP contribution in [0, 0.1) is 5.82 Å². The van der Waals surface area contributed by atoms with Crippen LogP contribution in [0.2, 0.25) is 5.02 Å². The highest BCUT2D eigenvalue weighted by molar-refractivity contribution is 8.00. The number of thioether (sulfide) groups is 1. The van der Waals surface area contributed by atoms with Gasteiger partial charge in [0.1, 0.15) is 19.1 Å². The van der Waals surface area contributed by atoms with E-state index in [0.717, 1.165) is 46.3 Å². The van der Waals surface area contributed by atoms with Gasteiger partial charge in [0.2, 0.25) is 4.80 Å². The summed E-state index contributed by atoms with van der Waals surface area (Å²) in [5.74, 6) is -2.58. The lowest BCUT2D eigenvalue weighted by Crippen LogP contribution is -2.48. The topological polar surface area (TPSA) is 242 Å². The number of carboxylic acids is 1. The number of aromatic nitrogens is 2. The number of methoxy groups -OCH3 is 1. The summed E-state index contributed by atoms with van der Waals surface area (Å²) in [5, 5.41) is 10.2. The molecule has 2 aromatic carbocycles. The number of fused-ring (bicyclic) bond motifs is 2. The van der Waals surface area contributed by atoms with Crippen molar-refractivity contribution in [2.24, 2.45) is 4.99 Å². The molecule has 55 heavy (non-hydrogen) atoms. The highest BCUT2D eigenvalue weighted by atomic mass is 35.5. The number of esters is 1. The average Bonchev–Trinajstić information content (AvgIpc) is 3.38. The minimum atomic E-state index is -4.35. The third kappa shape index (κ3) is 15.7. The first-order valence-electron chi connectivity index (χ1n) is 16.0. The van der Waals surface area contributed by atoms with E-state index in [1.807, 2.05) is 5.32 Å². The van der Waals surface area contributed by atoms with Crippen molar-refractivity contribution in [2.45, 2.75) is 50.7 Å². The number of amides is 1. The molecule has 0 bridgehead atoms. The number of carbonyl (C=O) groups is 3. The van der Waals surface area contributed by atoms with Crippen molar-refractivity contribution in [1.82, 2.24) is 19.0 Å². The Kier molecular flexibility index (Phi) is 19.1. The van der Waals surface area contributed by atoms with Crippen LogP contribution in [0.4, 0.5) is 15.8 Å². The molecule has 24 heteroatoms. The van der Waals surface area contributed by atoms with Gasteiger partial charge in [-0.1, -0.05) is 23.7 Å². The molecule has 0 aliphatic carbocycles. The predicted octanol–water partition coefficient (Wildman–Crippen LogP) is 2.66. The Morgan fingerprint density at radius 1 is 1.18 bits per heavy atom. The molecule has 1 aromatic heterocycles. The van der Waals surface area contributed by atoms with Crippen LogP contribution in [-0.4, -0.2) is 100 Å². The van der Waals surface area contributed by atoms with Gasteiger partial charge in [0.15, 0.2) is 0 Å². The Balaban J connectivity index is 0.000000298. The second kappa shape index (κ2) is 21.9. The number of ether oxygens (including phenoxy) is 1. The van der Waals surface area contributed by atoms with Gasteiger partial charge in [0.25, 0.3) is 5.91 Å². The first kappa shape index (κ1) is 47.9. The summed E-state index contributed by atoms with van der Waals surface area (Å²) in [6.07, 6.45) is 7.77. The number of halogens is 2. The number of nitrogens with zero attached hydrogens (tertiary/aromatic N) is 4. The first-order chi connectivity index (χ1) is 25.6. The van der Waals surface area contributed by atoms with E-state index in [-0.39, 0.29) is 21.3 Å². The molecule has 1 amide bonds. The molecule has 17 nitrogen and oxygen atoms in total. The van der Waals surface area contributed by atoms with Gasteiger partial charge in [-0.05, 0) is 73.2 Å². The fourth-order valence-electron chi connectivity index (χ4n) is 4.42. The summed E-state index contributed by atoms with van der Waals surface area (Å²) in [6, 6.07) is 8.80. The summed E-state index contributed by atoms with van der Waals surface area (Å²) < 4.78 is 59.0. The Morgan fingerprint density at radius 2 is 1.78 bits per heavy atom. The van der Waals surface area contributed by atoms with Crippen molar-refractivity contribution in [3.63, 3.8) is 0 Å². The standard InChI is InChI=1S/C15H15ClFN3O3S2.C10H12N2O3S.C3H8NO5P.C3H9S/c1-23-13(21)8-24-12-7-11(10(17)6-9(12)16)18-14-19-4-2-3-5-20(19)15(22)25-14;1-7(2)12-10(13)8-5-3-4-6-9(8)11-16(12,14)15;5-3(6)1-4-2-10(7,8)9;1-4(2)3/h6-7H,2-5,8H2,1H3;3-7,11H,1-2H3;4H,1-2H2,(H,5,6)(H2,7,8,9);1-3H3/q;;;+1/p-1. The number of carbonyl (C=O) groups excluding carboxylic acids is 2. The molecule has 2 aliphatic heterocycles. The molecule has 0 saturated heterocycles. The van der Waals surface area contributed by atoms with Gasteiger partial charge in [-0.2, -0.15) is 8.42 Å². The van der Waals surface area contributed by atoms with Crippen molar-refractivity contribution < 1.29 is 51.4 Å². The van der Waals surface area contributed by atoms with Crippen LogP contribution in [0.1, 0.15) is 37.0 Å². The summed E-state index contributed by atoms with van der Waals surface area (Å²) in [4.78, 5) is 68.2. The van der Waals surface area contributed by atoms with Crippen molar-refractivity contribution in [3.8, 4) is 0 Å². The van der Waals surface area contributed by atoms with Crippen LogP contribution < -0.4 is 24.6 Å². The number of carboxylic acid groups (broad SMARTS) is 1. The fourth-order valence-corrected chi connectivity index (χ4v) is 8.23. The Labute approximate surface area is 333 Å². The lowest BCUT2D eigenvalue weighted by molar-refractivity contribution is -0.193. The van der Waals surface area contributed by atoms with Gasteiger partial charge >= 0.3 is 27.0 Å². The normalized spacial score (nSPS) is 15.5. The maximum atomic E-state index is 14.3. The van der Waals surface area contributed by atoms with Gasteiger partial charge < -0.3 is 24.2 Å². The Hall–Kier alpha value is -3.21. The second-order valence-electron chi connectivity index (χ2n) is 12.0. The zero-order chi connectivity index (χ0) is 41.7. The van der Waals surface area contributed by atoms with Gasteiger partial charge in [-0.25, -0.2) is 18.4 Å². The van der Waals surface area contributed by atoms with Crippen molar-refractivity contribution in [3.05, 3.63) is 67.3 Å². The number of nitrogens with one attached hydrogen (secondary N) is 2. The highest BCUT2D eigenvalue weighted by Crippen LogP contribution is 2.33. The zero-order valence-corrected chi connectivity index (χ0v) is 35.6. The molecule has 0 fully saturated rings. The van der Waals surface area contributed by atoms with Crippen LogP contribution in [0.5, 0.6) is 0 Å².